The molecule has 7 nitrogen and oxygen atoms in total. The lowest BCUT2D eigenvalue weighted by Gasteiger charge is -2.38. The van der Waals surface area contributed by atoms with Crippen molar-refractivity contribution in [1.29, 1.82) is 0 Å². The maximum Gasteiger partial charge on any atom is 0.141 e. The van der Waals surface area contributed by atoms with E-state index in [0.29, 0.717) is 12.2 Å². The molecule has 0 spiro atoms. The van der Waals surface area contributed by atoms with Gasteiger partial charge in [-0.15, -0.1) is 0 Å². The van der Waals surface area contributed by atoms with E-state index in [0.717, 1.165) is 88.9 Å². The minimum Gasteiger partial charge on any atom is -0.383 e. The monoisotopic (exact) mass is 518 g/mol. The van der Waals surface area contributed by atoms with Crippen molar-refractivity contribution >= 4 is 34.0 Å². The van der Waals surface area contributed by atoms with Crippen molar-refractivity contribution in [3.8, 4) is 11.1 Å². The summed E-state index contributed by atoms with van der Waals surface area (Å²) in [5.74, 6) is 1.39. The van der Waals surface area contributed by atoms with Crippen molar-refractivity contribution in [3.05, 3.63) is 70.1 Å². The molecule has 37 heavy (non-hydrogen) atoms. The molecule has 1 fully saturated rings. The molecule has 3 heterocycles. The first kappa shape index (κ1) is 25.5. The fraction of sp³-hybridized carbons (Fsp3) is 0.379. The number of aryl methyl sites for hydroxylation is 2. The number of pyridine rings is 1. The first-order valence-electron chi connectivity index (χ1n) is 12.8. The molecule has 2 aromatic heterocycles. The van der Waals surface area contributed by atoms with Crippen molar-refractivity contribution in [1.82, 2.24) is 19.9 Å². The number of hydrogen-bond donors (Lipinski definition) is 1. The van der Waals surface area contributed by atoms with E-state index in [1.165, 1.54) is 5.69 Å². The first-order chi connectivity index (χ1) is 17.8. The molecule has 0 saturated carbocycles. The van der Waals surface area contributed by atoms with Crippen molar-refractivity contribution in [3.63, 3.8) is 0 Å². The van der Waals surface area contributed by atoms with Crippen LogP contribution in [0.1, 0.15) is 22.6 Å². The summed E-state index contributed by atoms with van der Waals surface area (Å²) in [6.45, 7) is 9.97. The summed E-state index contributed by atoms with van der Waals surface area (Å²) in [6, 6.07) is 14.4. The van der Waals surface area contributed by atoms with Crippen LogP contribution in [0.2, 0.25) is 5.02 Å². The molecule has 1 aliphatic rings. The zero-order valence-corrected chi connectivity index (χ0v) is 22.8. The van der Waals surface area contributed by atoms with Crippen LogP contribution in [-0.2, 0) is 6.42 Å². The third kappa shape index (κ3) is 5.44. The zero-order chi connectivity index (χ0) is 26.1. The number of nitrogens with two attached hydrogens (primary N) is 1. The smallest absolute Gasteiger partial charge is 0.141 e. The van der Waals surface area contributed by atoms with E-state index in [9.17, 15) is 0 Å². The van der Waals surface area contributed by atoms with Gasteiger partial charge in [0.15, 0.2) is 0 Å². The van der Waals surface area contributed by atoms with Crippen LogP contribution in [-0.4, -0.2) is 73.3 Å². The number of nitrogen functional groups attached to an aromatic ring is 1. The van der Waals surface area contributed by atoms with Gasteiger partial charge in [-0.2, -0.15) is 0 Å². The largest absolute Gasteiger partial charge is 0.383 e. The summed E-state index contributed by atoms with van der Waals surface area (Å²) in [5.41, 5.74) is 13.9. The van der Waals surface area contributed by atoms with Gasteiger partial charge in [-0.3, -0.25) is 4.90 Å². The molecule has 5 rings (SSSR count). The first-order valence-corrected chi connectivity index (χ1v) is 13.2. The molecular weight excluding hydrogens is 484 g/mol. The van der Waals surface area contributed by atoms with E-state index >= 15 is 0 Å². The van der Waals surface area contributed by atoms with Crippen LogP contribution < -0.4 is 10.6 Å². The number of aromatic nitrogens is 2. The molecule has 2 aromatic carbocycles. The van der Waals surface area contributed by atoms with Gasteiger partial charge in [0.1, 0.15) is 11.6 Å². The molecule has 1 aliphatic heterocycles. The second-order valence-corrected chi connectivity index (χ2v) is 10.6. The maximum absolute atomic E-state index is 6.66. The van der Waals surface area contributed by atoms with E-state index in [4.69, 9.17) is 26.8 Å². The van der Waals surface area contributed by atoms with Crippen LogP contribution in [0.4, 0.5) is 11.5 Å². The summed E-state index contributed by atoms with van der Waals surface area (Å²) in [7, 11) is 4.25. The van der Waals surface area contributed by atoms with Gasteiger partial charge in [-0.05, 0) is 63.3 Å². The zero-order valence-electron chi connectivity index (χ0n) is 22.1. The van der Waals surface area contributed by atoms with Gasteiger partial charge in [0, 0.05) is 67.2 Å². The Morgan fingerprint density at radius 2 is 1.84 bits per heavy atom. The van der Waals surface area contributed by atoms with Crippen molar-refractivity contribution in [2.75, 3.05) is 64.0 Å². The number of halogens is 1. The molecule has 0 aliphatic carbocycles. The average molecular weight is 519 g/mol. The molecule has 4 aromatic rings. The summed E-state index contributed by atoms with van der Waals surface area (Å²) in [4.78, 5) is 12.1. The minimum absolute atomic E-state index is 0.572. The van der Waals surface area contributed by atoms with Crippen LogP contribution in [0, 0.1) is 13.8 Å². The molecule has 0 amide bonds. The Hall–Kier alpha value is -3.13. The van der Waals surface area contributed by atoms with Crippen LogP contribution in [0.25, 0.3) is 22.0 Å². The molecule has 0 atom stereocenters. The van der Waals surface area contributed by atoms with E-state index in [2.05, 4.69) is 58.2 Å². The van der Waals surface area contributed by atoms with Gasteiger partial charge >= 0.3 is 0 Å². The number of fused-ring (bicyclic) bond motifs is 1. The normalized spacial score (nSPS) is 14.7. The Bertz CT molecular complexity index is 1390. The van der Waals surface area contributed by atoms with Crippen LogP contribution in [0.15, 0.2) is 47.0 Å². The molecule has 8 heteroatoms. The number of hydrogen-bond acceptors (Lipinski definition) is 7. The lowest BCUT2D eigenvalue weighted by atomic mass is 9.96. The average Bonchev–Trinajstić information content (AvgIpc) is 3.21. The van der Waals surface area contributed by atoms with Gasteiger partial charge in [-0.1, -0.05) is 35.0 Å². The quantitative estimate of drug-likeness (QED) is 0.368. The molecular formula is C29H35ClN6O. The standard InChI is InChI=1S/C29H35ClN6O/c1-19-27(20(2)37-33-19)22-8-9-26-24(18-22)28(36-14-12-35(13-15-36)11-10-34(3)4)25(29(31)32-26)17-21-6-5-7-23(30)16-21/h5-9,16,18H,10-15,17H2,1-4H3,(H2,31,32). The molecule has 2 N–H and O–H groups in total. The number of benzene rings is 2. The Balaban J connectivity index is 1.60. The van der Waals surface area contributed by atoms with Gasteiger partial charge in [0.05, 0.1) is 16.9 Å². The molecule has 194 valence electrons. The third-order valence-corrected chi connectivity index (χ3v) is 7.47. The predicted molar refractivity (Wildman–Crippen MR) is 153 cm³/mol. The Kier molecular flexibility index (Phi) is 7.38. The van der Waals surface area contributed by atoms with Crippen molar-refractivity contribution in [2.45, 2.75) is 20.3 Å². The highest BCUT2D eigenvalue weighted by Crippen LogP contribution is 2.38. The highest BCUT2D eigenvalue weighted by atomic mass is 35.5. The predicted octanol–water partition coefficient (Wildman–Crippen LogP) is 5.02. The minimum atomic E-state index is 0.572. The third-order valence-electron chi connectivity index (χ3n) is 7.23. The van der Waals surface area contributed by atoms with E-state index < -0.39 is 0 Å². The van der Waals surface area contributed by atoms with Gasteiger partial charge < -0.3 is 20.1 Å². The fourth-order valence-corrected chi connectivity index (χ4v) is 5.49. The maximum atomic E-state index is 6.66. The SMILES string of the molecule is Cc1noc(C)c1-c1ccc2nc(N)c(Cc3cccc(Cl)c3)c(N3CCN(CCN(C)C)CC3)c2c1. The van der Waals surface area contributed by atoms with Gasteiger partial charge in [-0.25, -0.2) is 4.98 Å². The highest BCUT2D eigenvalue weighted by Gasteiger charge is 2.24. The summed E-state index contributed by atoms with van der Waals surface area (Å²) >= 11 is 6.33. The highest BCUT2D eigenvalue weighted by molar-refractivity contribution is 6.30. The van der Waals surface area contributed by atoms with E-state index in [1.807, 2.05) is 32.0 Å². The lowest BCUT2D eigenvalue weighted by Crippen LogP contribution is -2.48. The molecule has 0 bridgehead atoms. The van der Waals surface area contributed by atoms with Crippen LogP contribution in [0.3, 0.4) is 0 Å². The Morgan fingerprint density at radius 3 is 2.51 bits per heavy atom. The lowest BCUT2D eigenvalue weighted by molar-refractivity contribution is 0.229. The second-order valence-electron chi connectivity index (χ2n) is 10.2. The summed E-state index contributed by atoms with van der Waals surface area (Å²) in [6.07, 6.45) is 0.668. The van der Waals surface area contributed by atoms with Gasteiger partial charge in [0.25, 0.3) is 0 Å². The number of nitrogens with zero attached hydrogens (tertiary/aromatic N) is 5. The fourth-order valence-electron chi connectivity index (χ4n) is 5.28. The molecule has 0 radical (unpaired) electrons. The van der Waals surface area contributed by atoms with E-state index in [1.54, 1.807) is 0 Å². The van der Waals surface area contributed by atoms with E-state index in [-0.39, 0.29) is 0 Å². The summed E-state index contributed by atoms with van der Waals surface area (Å²) < 4.78 is 5.48. The van der Waals surface area contributed by atoms with Crippen LogP contribution in [0.5, 0.6) is 0 Å². The number of anilines is 2. The van der Waals surface area contributed by atoms with Crippen molar-refractivity contribution in [2.24, 2.45) is 0 Å². The molecule has 0 unspecified atom stereocenters. The Labute approximate surface area is 223 Å². The van der Waals surface area contributed by atoms with Crippen LogP contribution >= 0.6 is 11.6 Å². The number of rotatable bonds is 7. The topological polar surface area (TPSA) is 74.7 Å². The number of likely N-dealkylation sites (N-methyl/N-ethyl adjacent to an activating group) is 1. The molecule has 1 saturated heterocycles. The Morgan fingerprint density at radius 1 is 1.05 bits per heavy atom. The summed E-state index contributed by atoms with van der Waals surface area (Å²) in [5, 5.41) is 6.00. The van der Waals surface area contributed by atoms with Crippen molar-refractivity contribution < 1.29 is 4.52 Å². The second kappa shape index (κ2) is 10.7. The number of piperazine rings is 1. The van der Waals surface area contributed by atoms with Gasteiger partial charge in [0.2, 0.25) is 0 Å².